The van der Waals surface area contributed by atoms with Crippen LogP contribution < -0.4 is 4.74 Å². The van der Waals surface area contributed by atoms with E-state index in [-0.39, 0.29) is 0 Å². The number of rotatable bonds is 7. The lowest BCUT2D eigenvalue weighted by Gasteiger charge is -2.04. The van der Waals surface area contributed by atoms with Crippen LogP contribution in [0.2, 0.25) is 0 Å². The molecule has 84 valence electrons. The van der Waals surface area contributed by atoms with Crippen molar-refractivity contribution in [3.8, 4) is 5.88 Å². The van der Waals surface area contributed by atoms with Crippen LogP contribution in [-0.4, -0.2) is 16.8 Å². The molecule has 1 heterocycles. The molecule has 0 spiro atoms. The zero-order chi connectivity index (χ0) is 10.9. The van der Waals surface area contributed by atoms with Gasteiger partial charge in [-0.3, -0.25) is 0 Å². The Labute approximate surface area is 95.8 Å². The number of hydrogen-bond acceptors (Lipinski definition) is 3. The molecule has 1 aromatic heterocycles. The Kier molecular flexibility index (Phi) is 6.09. The molecule has 15 heavy (non-hydrogen) atoms. The van der Waals surface area contributed by atoms with Crippen molar-refractivity contribution in [2.45, 2.75) is 38.5 Å². The van der Waals surface area contributed by atoms with Gasteiger partial charge in [0.05, 0.1) is 18.2 Å². The van der Waals surface area contributed by atoms with E-state index in [1.807, 2.05) is 12.1 Å². The van der Waals surface area contributed by atoms with Crippen LogP contribution in [0.3, 0.4) is 0 Å². The van der Waals surface area contributed by atoms with Crippen LogP contribution in [0.25, 0.3) is 0 Å². The number of ether oxygens (including phenoxy) is 1. The molecule has 0 amide bonds. The molecule has 0 atom stereocenters. The average molecular weight is 229 g/mol. The molecule has 0 saturated heterocycles. The van der Waals surface area contributed by atoms with Gasteiger partial charge in [0.15, 0.2) is 0 Å². The van der Waals surface area contributed by atoms with Crippen molar-refractivity contribution in [1.29, 1.82) is 0 Å². The average Bonchev–Trinajstić information content (AvgIpc) is 2.30. The monoisotopic (exact) mass is 228 g/mol. The summed E-state index contributed by atoms with van der Waals surface area (Å²) < 4.78 is 5.44. The highest BCUT2D eigenvalue weighted by atomic mass is 35.5. The fraction of sp³-hybridized carbons (Fsp3) is 0.636. The van der Waals surface area contributed by atoms with Gasteiger partial charge in [0.25, 0.3) is 0 Å². The van der Waals surface area contributed by atoms with E-state index in [0.717, 1.165) is 18.7 Å². The van der Waals surface area contributed by atoms with E-state index >= 15 is 0 Å². The first-order chi connectivity index (χ1) is 7.36. The van der Waals surface area contributed by atoms with Crippen molar-refractivity contribution < 1.29 is 4.74 Å². The summed E-state index contributed by atoms with van der Waals surface area (Å²) in [6, 6.07) is 3.64. The molecule has 0 unspecified atom stereocenters. The van der Waals surface area contributed by atoms with Crippen molar-refractivity contribution in [2.75, 3.05) is 6.61 Å². The van der Waals surface area contributed by atoms with Gasteiger partial charge in [0.1, 0.15) is 0 Å². The van der Waals surface area contributed by atoms with Gasteiger partial charge >= 0.3 is 0 Å². The summed E-state index contributed by atoms with van der Waals surface area (Å²) in [6.07, 6.45) is 4.79. The lowest BCUT2D eigenvalue weighted by atomic mass is 10.2. The first-order valence-corrected chi connectivity index (χ1v) is 5.91. The molecule has 0 aliphatic heterocycles. The molecule has 0 saturated carbocycles. The van der Waals surface area contributed by atoms with Crippen molar-refractivity contribution in [2.24, 2.45) is 0 Å². The second-order valence-corrected chi connectivity index (χ2v) is 3.67. The second kappa shape index (κ2) is 7.46. The molecule has 0 N–H and O–H groups in total. The van der Waals surface area contributed by atoms with Crippen LogP contribution in [0.15, 0.2) is 12.1 Å². The molecule has 0 radical (unpaired) electrons. The van der Waals surface area contributed by atoms with Gasteiger partial charge in [0, 0.05) is 6.07 Å². The minimum Gasteiger partial charge on any atom is -0.477 e. The van der Waals surface area contributed by atoms with E-state index < -0.39 is 0 Å². The molecular weight excluding hydrogens is 212 g/mol. The van der Waals surface area contributed by atoms with Crippen LogP contribution in [0.4, 0.5) is 0 Å². The van der Waals surface area contributed by atoms with Crippen molar-refractivity contribution >= 4 is 11.6 Å². The molecular formula is C11H17ClN2O. The minimum atomic E-state index is 0.393. The number of aromatic nitrogens is 2. The smallest absolute Gasteiger partial charge is 0.233 e. The van der Waals surface area contributed by atoms with Crippen molar-refractivity contribution in [3.05, 3.63) is 17.8 Å². The maximum absolute atomic E-state index is 5.60. The Morgan fingerprint density at radius 2 is 2.07 bits per heavy atom. The Hall–Kier alpha value is -0.830. The van der Waals surface area contributed by atoms with E-state index in [4.69, 9.17) is 16.3 Å². The summed E-state index contributed by atoms with van der Waals surface area (Å²) in [5, 5.41) is 7.82. The summed E-state index contributed by atoms with van der Waals surface area (Å²) in [6.45, 7) is 2.91. The standard InChI is InChI=1S/C11H17ClN2O/c1-2-3-4-5-8-15-11-7-6-10(9-12)13-14-11/h6-7H,2-5,8-9H2,1H3. The number of unbranched alkanes of at least 4 members (excludes halogenated alkanes) is 3. The van der Waals surface area contributed by atoms with E-state index in [1.165, 1.54) is 19.3 Å². The normalized spacial score (nSPS) is 10.3. The molecule has 0 aromatic carbocycles. The summed E-state index contributed by atoms with van der Waals surface area (Å²) in [5.74, 6) is 0.976. The maximum Gasteiger partial charge on any atom is 0.233 e. The van der Waals surface area contributed by atoms with Gasteiger partial charge in [-0.05, 0) is 12.5 Å². The topological polar surface area (TPSA) is 35.0 Å². The number of nitrogens with zero attached hydrogens (tertiary/aromatic N) is 2. The highest BCUT2D eigenvalue weighted by molar-refractivity contribution is 6.16. The van der Waals surface area contributed by atoms with Crippen LogP contribution >= 0.6 is 11.6 Å². The third-order valence-electron chi connectivity index (χ3n) is 2.08. The molecule has 0 bridgehead atoms. The van der Waals surface area contributed by atoms with E-state index in [0.29, 0.717) is 11.8 Å². The predicted molar refractivity (Wildman–Crippen MR) is 61.2 cm³/mol. The van der Waals surface area contributed by atoms with E-state index in [2.05, 4.69) is 17.1 Å². The summed E-state index contributed by atoms with van der Waals surface area (Å²) in [4.78, 5) is 0. The fourth-order valence-electron chi connectivity index (χ4n) is 1.20. The second-order valence-electron chi connectivity index (χ2n) is 3.41. The molecule has 0 aliphatic rings. The lowest BCUT2D eigenvalue weighted by Crippen LogP contribution is -2.00. The van der Waals surface area contributed by atoms with Gasteiger partial charge in [-0.15, -0.1) is 16.7 Å². The minimum absolute atomic E-state index is 0.393. The molecule has 4 heteroatoms. The number of alkyl halides is 1. The molecule has 1 rings (SSSR count). The fourth-order valence-corrected chi connectivity index (χ4v) is 1.34. The SMILES string of the molecule is CCCCCCOc1ccc(CCl)nn1. The van der Waals surface area contributed by atoms with Crippen LogP contribution in [0.1, 0.15) is 38.3 Å². The molecule has 0 aliphatic carbocycles. The molecule has 1 aromatic rings. The number of halogens is 1. The molecule has 3 nitrogen and oxygen atoms in total. The van der Waals surface area contributed by atoms with Gasteiger partial charge in [-0.2, -0.15) is 5.10 Å². The summed E-state index contributed by atoms with van der Waals surface area (Å²) in [7, 11) is 0. The van der Waals surface area contributed by atoms with Gasteiger partial charge in [-0.25, -0.2) is 0 Å². The highest BCUT2D eigenvalue weighted by Gasteiger charge is 1.97. The Morgan fingerprint density at radius 3 is 2.67 bits per heavy atom. The Bertz CT molecular complexity index is 264. The summed E-state index contributed by atoms with van der Waals surface area (Å²) >= 11 is 5.60. The van der Waals surface area contributed by atoms with Gasteiger partial charge in [0.2, 0.25) is 5.88 Å². The van der Waals surface area contributed by atoms with Crippen molar-refractivity contribution in [3.63, 3.8) is 0 Å². The predicted octanol–water partition coefficient (Wildman–Crippen LogP) is 3.17. The third kappa shape index (κ3) is 4.98. The van der Waals surface area contributed by atoms with Crippen LogP contribution in [-0.2, 0) is 5.88 Å². The summed E-state index contributed by atoms with van der Waals surface area (Å²) in [5.41, 5.74) is 0.773. The maximum atomic E-state index is 5.60. The first kappa shape index (κ1) is 12.2. The highest BCUT2D eigenvalue weighted by Crippen LogP contribution is 2.07. The third-order valence-corrected chi connectivity index (χ3v) is 2.35. The van der Waals surface area contributed by atoms with Gasteiger partial charge in [-0.1, -0.05) is 26.2 Å². The van der Waals surface area contributed by atoms with E-state index in [9.17, 15) is 0 Å². The largest absolute Gasteiger partial charge is 0.477 e. The van der Waals surface area contributed by atoms with Crippen LogP contribution in [0.5, 0.6) is 5.88 Å². The quantitative estimate of drug-likeness (QED) is 0.531. The van der Waals surface area contributed by atoms with Crippen LogP contribution in [0, 0.1) is 0 Å². The zero-order valence-electron chi connectivity index (χ0n) is 9.08. The Balaban J connectivity index is 2.20. The van der Waals surface area contributed by atoms with Gasteiger partial charge < -0.3 is 4.74 Å². The number of hydrogen-bond donors (Lipinski definition) is 0. The van der Waals surface area contributed by atoms with Crippen molar-refractivity contribution in [1.82, 2.24) is 10.2 Å². The first-order valence-electron chi connectivity index (χ1n) is 5.38. The zero-order valence-corrected chi connectivity index (χ0v) is 9.83. The Morgan fingerprint density at radius 1 is 1.20 bits per heavy atom. The van der Waals surface area contributed by atoms with E-state index in [1.54, 1.807) is 0 Å². The molecule has 0 fully saturated rings. The lowest BCUT2D eigenvalue weighted by molar-refractivity contribution is 0.290.